The molecule has 0 aliphatic heterocycles. The number of hydrogen-bond acceptors (Lipinski definition) is 7. The second-order valence-electron chi connectivity index (χ2n) is 6.93. The molecule has 0 aliphatic carbocycles. The van der Waals surface area contributed by atoms with Crippen LogP contribution in [-0.2, 0) is 27.2 Å². The second-order valence-corrected chi connectivity index (χ2v) is 8.40. The number of ether oxygens (including phenoxy) is 1. The lowest BCUT2D eigenvalue weighted by Gasteiger charge is -2.06. The number of H-pyrrole nitrogens is 1. The molecule has 0 saturated heterocycles. The van der Waals surface area contributed by atoms with E-state index in [1.54, 1.807) is 30.1 Å². The summed E-state index contributed by atoms with van der Waals surface area (Å²) in [5, 5.41) is 8.32. The number of fused-ring (bicyclic) bond motifs is 1. The van der Waals surface area contributed by atoms with Crippen LogP contribution in [-0.4, -0.2) is 39.6 Å². The molecular weight excluding hydrogens is 442 g/mol. The van der Waals surface area contributed by atoms with E-state index in [1.165, 1.54) is 23.4 Å². The first-order valence-corrected chi connectivity index (χ1v) is 10.8. The predicted molar refractivity (Wildman–Crippen MR) is 118 cm³/mol. The lowest BCUT2D eigenvalue weighted by molar-refractivity contribution is 0.296. The summed E-state index contributed by atoms with van der Waals surface area (Å²) in [5.74, 6) is 1.92. The zero-order valence-corrected chi connectivity index (χ0v) is 18.7. The third-order valence-corrected chi connectivity index (χ3v) is 6.05. The number of nitrogens with one attached hydrogen (secondary N) is 1. The van der Waals surface area contributed by atoms with Gasteiger partial charge in [0.2, 0.25) is 5.16 Å². The van der Waals surface area contributed by atoms with E-state index in [0.717, 1.165) is 10.1 Å². The van der Waals surface area contributed by atoms with Crippen LogP contribution in [0.3, 0.4) is 0 Å². The van der Waals surface area contributed by atoms with Crippen molar-refractivity contribution < 1.29 is 4.74 Å². The fraction of sp³-hybridized carbons (Fsp3) is 0.316. The van der Waals surface area contributed by atoms with Crippen molar-refractivity contribution in [3.05, 3.63) is 61.8 Å². The molecule has 0 saturated carbocycles. The average molecular weight is 462 g/mol. The molecular formula is C19H20ClN7O3S. The van der Waals surface area contributed by atoms with E-state index >= 15 is 0 Å². The van der Waals surface area contributed by atoms with Gasteiger partial charge in [-0.05, 0) is 30.7 Å². The Morgan fingerprint density at radius 3 is 2.81 bits per heavy atom. The minimum atomic E-state index is -0.402. The lowest BCUT2D eigenvalue weighted by Crippen LogP contribution is -2.37. The highest BCUT2D eigenvalue weighted by atomic mass is 35.5. The Morgan fingerprint density at radius 1 is 1.23 bits per heavy atom. The zero-order valence-electron chi connectivity index (χ0n) is 17.1. The summed E-state index contributed by atoms with van der Waals surface area (Å²) in [4.78, 5) is 33.1. The summed E-state index contributed by atoms with van der Waals surface area (Å²) in [6.45, 7) is 2.68. The van der Waals surface area contributed by atoms with Crippen molar-refractivity contribution in [2.75, 3.05) is 5.75 Å². The minimum absolute atomic E-state index is 0.255. The third kappa shape index (κ3) is 4.23. The van der Waals surface area contributed by atoms with Gasteiger partial charge in [0, 0.05) is 31.4 Å². The lowest BCUT2D eigenvalue weighted by atomic mass is 10.2. The molecule has 3 aromatic heterocycles. The summed E-state index contributed by atoms with van der Waals surface area (Å²) >= 11 is 7.46. The van der Waals surface area contributed by atoms with Crippen molar-refractivity contribution in [3.8, 4) is 5.75 Å². The first-order chi connectivity index (χ1) is 14.8. The van der Waals surface area contributed by atoms with E-state index in [-0.39, 0.29) is 12.2 Å². The van der Waals surface area contributed by atoms with Crippen LogP contribution in [0.5, 0.6) is 5.75 Å². The molecule has 12 heteroatoms. The number of thioether (sulfide) groups is 1. The maximum Gasteiger partial charge on any atom is 0.332 e. The van der Waals surface area contributed by atoms with Gasteiger partial charge in [-0.25, -0.2) is 14.8 Å². The van der Waals surface area contributed by atoms with Crippen LogP contribution in [0.4, 0.5) is 0 Å². The van der Waals surface area contributed by atoms with Crippen LogP contribution in [0, 0.1) is 6.92 Å². The normalized spacial score (nSPS) is 11.4. The molecule has 4 rings (SSSR count). The number of rotatable bonds is 7. The van der Waals surface area contributed by atoms with Gasteiger partial charge in [0.25, 0.3) is 5.56 Å². The Hall–Kier alpha value is -3.05. The molecule has 0 atom stereocenters. The molecule has 0 bridgehead atoms. The number of hydrogen-bond donors (Lipinski definition) is 1. The van der Waals surface area contributed by atoms with Gasteiger partial charge in [0.05, 0.1) is 6.33 Å². The van der Waals surface area contributed by atoms with Crippen molar-refractivity contribution in [1.29, 1.82) is 0 Å². The van der Waals surface area contributed by atoms with Gasteiger partial charge in [0.15, 0.2) is 17.0 Å². The van der Waals surface area contributed by atoms with Crippen LogP contribution >= 0.6 is 23.4 Å². The number of nitrogens with zero attached hydrogens (tertiary/aromatic N) is 6. The molecule has 1 aromatic carbocycles. The van der Waals surface area contributed by atoms with Gasteiger partial charge in [-0.3, -0.25) is 19.0 Å². The Kier molecular flexibility index (Phi) is 5.88. The quantitative estimate of drug-likeness (QED) is 0.418. The van der Waals surface area contributed by atoms with E-state index in [9.17, 15) is 9.59 Å². The first kappa shape index (κ1) is 21.2. The largest absolute Gasteiger partial charge is 0.486 e. The minimum Gasteiger partial charge on any atom is -0.486 e. The molecule has 0 amide bonds. The maximum absolute atomic E-state index is 12.5. The molecule has 0 radical (unpaired) electrons. The van der Waals surface area contributed by atoms with E-state index in [0.29, 0.717) is 45.2 Å². The van der Waals surface area contributed by atoms with Gasteiger partial charge < -0.3 is 9.30 Å². The summed E-state index contributed by atoms with van der Waals surface area (Å²) < 4.78 is 9.90. The summed E-state index contributed by atoms with van der Waals surface area (Å²) in [7, 11) is 3.05. The van der Waals surface area contributed by atoms with E-state index in [4.69, 9.17) is 16.3 Å². The van der Waals surface area contributed by atoms with Crippen molar-refractivity contribution in [2.45, 2.75) is 25.2 Å². The number of aromatic amines is 1. The summed E-state index contributed by atoms with van der Waals surface area (Å²) in [5.41, 5.74) is 0.937. The SMILES string of the molecule is Cc1cc(OCc2nc(SCCn3cnc4c3c(=O)n(C)c(=O)n4C)n[nH]2)ccc1Cl. The molecule has 0 spiro atoms. The van der Waals surface area contributed by atoms with E-state index < -0.39 is 5.69 Å². The number of halogens is 1. The molecule has 4 aromatic rings. The Balaban J connectivity index is 1.38. The van der Waals surface area contributed by atoms with Gasteiger partial charge >= 0.3 is 5.69 Å². The topological polar surface area (TPSA) is 113 Å². The summed E-state index contributed by atoms with van der Waals surface area (Å²) in [6.07, 6.45) is 1.57. The Morgan fingerprint density at radius 2 is 2.03 bits per heavy atom. The molecule has 0 unspecified atom stereocenters. The number of aromatic nitrogens is 7. The van der Waals surface area contributed by atoms with Gasteiger partial charge in [-0.15, -0.1) is 5.10 Å². The van der Waals surface area contributed by atoms with Gasteiger partial charge in [-0.1, -0.05) is 23.4 Å². The number of benzene rings is 1. The van der Waals surface area contributed by atoms with Crippen LogP contribution in [0.2, 0.25) is 5.02 Å². The average Bonchev–Trinajstić information content (AvgIpc) is 3.39. The van der Waals surface area contributed by atoms with Crippen LogP contribution < -0.4 is 16.0 Å². The van der Waals surface area contributed by atoms with Crippen LogP contribution in [0.1, 0.15) is 11.4 Å². The van der Waals surface area contributed by atoms with Crippen molar-refractivity contribution >= 4 is 34.5 Å². The zero-order chi connectivity index (χ0) is 22.1. The molecule has 1 N–H and O–H groups in total. The molecule has 0 aliphatic rings. The van der Waals surface area contributed by atoms with Crippen molar-refractivity contribution in [2.24, 2.45) is 14.1 Å². The second kappa shape index (κ2) is 8.60. The molecule has 0 fully saturated rings. The highest BCUT2D eigenvalue weighted by Gasteiger charge is 2.14. The molecule has 31 heavy (non-hydrogen) atoms. The van der Waals surface area contributed by atoms with Crippen LogP contribution in [0.25, 0.3) is 11.2 Å². The predicted octanol–water partition coefficient (Wildman–Crippen LogP) is 1.88. The Bertz CT molecular complexity index is 1370. The molecule has 10 nitrogen and oxygen atoms in total. The van der Waals surface area contributed by atoms with E-state index in [1.807, 2.05) is 13.0 Å². The Labute approximate surface area is 185 Å². The smallest absolute Gasteiger partial charge is 0.332 e. The number of aryl methyl sites for hydroxylation is 3. The van der Waals surface area contributed by atoms with Gasteiger partial charge in [0.1, 0.15) is 12.4 Å². The van der Waals surface area contributed by atoms with Crippen molar-refractivity contribution in [3.63, 3.8) is 0 Å². The fourth-order valence-electron chi connectivity index (χ4n) is 3.07. The van der Waals surface area contributed by atoms with Crippen LogP contribution in [0.15, 0.2) is 39.3 Å². The highest BCUT2D eigenvalue weighted by molar-refractivity contribution is 7.99. The van der Waals surface area contributed by atoms with E-state index in [2.05, 4.69) is 20.2 Å². The third-order valence-electron chi connectivity index (χ3n) is 4.80. The molecule has 162 valence electrons. The summed E-state index contributed by atoms with van der Waals surface area (Å²) in [6, 6.07) is 5.46. The highest BCUT2D eigenvalue weighted by Crippen LogP contribution is 2.22. The standard InChI is InChI=1S/C19H20ClN7O3S/c1-11-8-12(4-5-13(11)20)30-9-14-22-18(24-23-14)31-7-6-27-10-21-16-15(27)17(28)26(3)19(29)25(16)2/h4-5,8,10H,6-7,9H2,1-3H3,(H,22,23,24). The number of imidazole rings is 1. The monoisotopic (exact) mass is 461 g/mol. The fourth-order valence-corrected chi connectivity index (χ4v) is 3.94. The van der Waals surface area contributed by atoms with Crippen molar-refractivity contribution in [1.82, 2.24) is 33.9 Å². The van der Waals surface area contributed by atoms with Gasteiger partial charge in [-0.2, -0.15) is 0 Å². The maximum atomic E-state index is 12.5. The first-order valence-electron chi connectivity index (χ1n) is 9.39. The molecule has 3 heterocycles.